The van der Waals surface area contributed by atoms with Gasteiger partial charge in [0.25, 0.3) is 0 Å². The Balaban J connectivity index is 3.40. The molecular formula is C8H5F4NO2. The molecular weight excluding hydrogens is 218 g/mol. The van der Waals surface area contributed by atoms with Gasteiger partial charge < -0.3 is 4.74 Å². The number of carbonyl (C=O) groups is 1. The molecule has 0 aliphatic heterocycles. The van der Waals surface area contributed by atoms with Crippen molar-refractivity contribution < 1.29 is 27.1 Å². The molecule has 3 nitrogen and oxygen atoms in total. The zero-order valence-corrected chi connectivity index (χ0v) is 7.43. The molecule has 0 saturated heterocycles. The molecule has 1 aromatic rings. The zero-order valence-electron chi connectivity index (χ0n) is 7.43. The lowest BCUT2D eigenvalue weighted by Gasteiger charge is -2.10. The van der Waals surface area contributed by atoms with Gasteiger partial charge in [0.2, 0.25) is 5.95 Å². The summed E-state index contributed by atoms with van der Waals surface area (Å²) < 4.78 is 53.9. The second kappa shape index (κ2) is 3.84. The van der Waals surface area contributed by atoms with E-state index in [4.69, 9.17) is 0 Å². The molecule has 0 aliphatic rings. The average Bonchev–Trinajstić information content (AvgIpc) is 2.14. The normalized spacial score (nSPS) is 11.3. The van der Waals surface area contributed by atoms with Gasteiger partial charge in [-0.15, -0.1) is 0 Å². The van der Waals surface area contributed by atoms with E-state index in [0.717, 1.165) is 19.4 Å². The maximum absolute atomic E-state index is 12.8. The van der Waals surface area contributed by atoms with Gasteiger partial charge in [0.05, 0.1) is 12.7 Å². The first-order valence-corrected chi connectivity index (χ1v) is 3.68. The molecule has 0 amide bonds. The van der Waals surface area contributed by atoms with Gasteiger partial charge in [-0.1, -0.05) is 0 Å². The Kier molecular flexibility index (Phi) is 2.92. The Hall–Kier alpha value is -1.66. The highest BCUT2D eigenvalue weighted by atomic mass is 19.4. The van der Waals surface area contributed by atoms with E-state index in [1.807, 2.05) is 0 Å². The van der Waals surface area contributed by atoms with Crippen molar-refractivity contribution in [3.8, 4) is 0 Å². The summed E-state index contributed by atoms with van der Waals surface area (Å²) in [6, 6.07) is 0.748. The SMILES string of the molecule is COC(=O)c1ccnc(F)c1C(F)(F)F. The third-order valence-corrected chi connectivity index (χ3v) is 1.59. The van der Waals surface area contributed by atoms with E-state index >= 15 is 0 Å². The van der Waals surface area contributed by atoms with Crippen LogP contribution in [0.5, 0.6) is 0 Å². The number of esters is 1. The number of pyridine rings is 1. The van der Waals surface area contributed by atoms with Crippen molar-refractivity contribution in [1.29, 1.82) is 0 Å². The number of ether oxygens (including phenoxy) is 1. The summed E-state index contributed by atoms with van der Waals surface area (Å²) in [5.74, 6) is -3.01. The van der Waals surface area contributed by atoms with Crippen LogP contribution in [-0.4, -0.2) is 18.1 Å². The number of alkyl halides is 3. The minimum atomic E-state index is -4.98. The number of halogens is 4. The largest absolute Gasteiger partial charge is 0.465 e. The molecule has 0 aromatic carbocycles. The molecule has 82 valence electrons. The van der Waals surface area contributed by atoms with Crippen LogP contribution < -0.4 is 0 Å². The van der Waals surface area contributed by atoms with Crippen LogP contribution in [0, 0.1) is 5.95 Å². The molecule has 0 fully saturated rings. The van der Waals surface area contributed by atoms with Crippen LogP contribution in [0.4, 0.5) is 17.6 Å². The van der Waals surface area contributed by atoms with Crippen molar-refractivity contribution >= 4 is 5.97 Å². The van der Waals surface area contributed by atoms with Gasteiger partial charge >= 0.3 is 12.1 Å². The van der Waals surface area contributed by atoms with Gasteiger partial charge in [-0.05, 0) is 6.07 Å². The fourth-order valence-corrected chi connectivity index (χ4v) is 0.986. The first-order chi connectivity index (χ1) is 6.88. The molecule has 0 saturated carbocycles. The summed E-state index contributed by atoms with van der Waals surface area (Å²) in [4.78, 5) is 13.7. The van der Waals surface area contributed by atoms with Crippen molar-refractivity contribution in [1.82, 2.24) is 4.98 Å². The molecule has 0 radical (unpaired) electrons. The molecule has 0 spiro atoms. The molecule has 0 atom stereocenters. The third-order valence-electron chi connectivity index (χ3n) is 1.59. The standard InChI is InChI=1S/C8H5F4NO2/c1-15-7(14)4-2-3-13-6(9)5(4)8(10,11)12/h2-3H,1H3. The first kappa shape index (κ1) is 11.4. The Labute approximate surface area is 81.7 Å². The van der Waals surface area contributed by atoms with E-state index in [2.05, 4.69) is 9.72 Å². The Morgan fingerprint density at radius 1 is 1.47 bits per heavy atom. The van der Waals surface area contributed by atoms with Crippen LogP contribution >= 0.6 is 0 Å². The highest BCUT2D eigenvalue weighted by Gasteiger charge is 2.39. The Bertz CT molecular complexity index is 389. The number of aromatic nitrogens is 1. The maximum atomic E-state index is 12.8. The molecule has 0 N–H and O–H groups in total. The van der Waals surface area contributed by atoms with Crippen molar-refractivity contribution in [3.63, 3.8) is 0 Å². The lowest BCUT2D eigenvalue weighted by atomic mass is 10.1. The Morgan fingerprint density at radius 2 is 2.07 bits per heavy atom. The van der Waals surface area contributed by atoms with E-state index in [1.165, 1.54) is 0 Å². The highest BCUT2D eigenvalue weighted by molar-refractivity contribution is 5.91. The third kappa shape index (κ3) is 2.23. The van der Waals surface area contributed by atoms with Gasteiger partial charge in [-0.3, -0.25) is 0 Å². The fraction of sp³-hybridized carbons (Fsp3) is 0.250. The van der Waals surface area contributed by atoms with E-state index in [0.29, 0.717) is 0 Å². The predicted molar refractivity (Wildman–Crippen MR) is 40.5 cm³/mol. The van der Waals surface area contributed by atoms with Gasteiger partial charge in [-0.25, -0.2) is 9.78 Å². The summed E-state index contributed by atoms with van der Waals surface area (Å²) in [6.07, 6.45) is -4.22. The maximum Gasteiger partial charge on any atom is 0.421 e. The van der Waals surface area contributed by atoms with Crippen LogP contribution in [0.1, 0.15) is 15.9 Å². The molecule has 15 heavy (non-hydrogen) atoms. The number of rotatable bonds is 1. The molecule has 0 unspecified atom stereocenters. The van der Waals surface area contributed by atoms with Gasteiger partial charge in [0, 0.05) is 6.20 Å². The van der Waals surface area contributed by atoms with Crippen molar-refractivity contribution in [2.75, 3.05) is 7.11 Å². The van der Waals surface area contributed by atoms with E-state index in [1.54, 1.807) is 0 Å². The molecule has 1 heterocycles. The first-order valence-electron chi connectivity index (χ1n) is 3.68. The number of methoxy groups -OCH3 is 1. The second-order valence-corrected chi connectivity index (χ2v) is 2.51. The second-order valence-electron chi connectivity index (χ2n) is 2.51. The number of hydrogen-bond acceptors (Lipinski definition) is 3. The van der Waals surface area contributed by atoms with E-state index in [9.17, 15) is 22.4 Å². The summed E-state index contributed by atoms with van der Waals surface area (Å²) in [5, 5.41) is 0. The lowest BCUT2D eigenvalue weighted by molar-refractivity contribution is -0.141. The van der Waals surface area contributed by atoms with Crippen LogP contribution in [0.2, 0.25) is 0 Å². The number of carbonyl (C=O) groups excluding carboxylic acids is 1. The number of nitrogens with zero attached hydrogens (tertiary/aromatic N) is 1. The molecule has 7 heteroatoms. The minimum absolute atomic E-state index is 0.748. The number of hydrogen-bond donors (Lipinski definition) is 0. The van der Waals surface area contributed by atoms with Crippen LogP contribution in [0.25, 0.3) is 0 Å². The molecule has 1 aromatic heterocycles. The van der Waals surface area contributed by atoms with Crippen LogP contribution in [0.3, 0.4) is 0 Å². The quantitative estimate of drug-likeness (QED) is 0.415. The summed E-state index contributed by atoms with van der Waals surface area (Å²) >= 11 is 0. The van der Waals surface area contributed by atoms with E-state index in [-0.39, 0.29) is 0 Å². The zero-order chi connectivity index (χ0) is 11.6. The smallest absolute Gasteiger partial charge is 0.421 e. The predicted octanol–water partition coefficient (Wildman–Crippen LogP) is 2.03. The molecule has 0 aliphatic carbocycles. The van der Waals surface area contributed by atoms with Crippen molar-refractivity contribution in [3.05, 3.63) is 29.3 Å². The average molecular weight is 223 g/mol. The van der Waals surface area contributed by atoms with E-state index < -0.39 is 29.2 Å². The van der Waals surface area contributed by atoms with Crippen LogP contribution in [0.15, 0.2) is 12.3 Å². The highest BCUT2D eigenvalue weighted by Crippen LogP contribution is 2.33. The Morgan fingerprint density at radius 3 is 2.53 bits per heavy atom. The van der Waals surface area contributed by atoms with Crippen molar-refractivity contribution in [2.45, 2.75) is 6.18 Å². The van der Waals surface area contributed by atoms with Gasteiger partial charge in [0.1, 0.15) is 5.56 Å². The fourth-order valence-electron chi connectivity index (χ4n) is 0.986. The van der Waals surface area contributed by atoms with Gasteiger partial charge in [-0.2, -0.15) is 17.6 Å². The molecule has 1 rings (SSSR count). The topological polar surface area (TPSA) is 39.2 Å². The van der Waals surface area contributed by atoms with Crippen LogP contribution in [-0.2, 0) is 10.9 Å². The summed E-state index contributed by atoms with van der Waals surface area (Å²) in [5.41, 5.74) is -2.60. The summed E-state index contributed by atoms with van der Waals surface area (Å²) in [6.45, 7) is 0. The minimum Gasteiger partial charge on any atom is -0.465 e. The van der Waals surface area contributed by atoms with Gasteiger partial charge in [0.15, 0.2) is 0 Å². The lowest BCUT2D eigenvalue weighted by Crippen LogP contribution is -2.17. The monoisotopic (exact) mass is 223 g/mol. The summed E-state index contributed by atoms with van der Waals surface area (Å²) in [7, 11) is 0.904. The molecule has 0 bridgehead atoms. The van der Waals surface area contributed by atoms with Crippen molar-refractivity contribution in [2.24, 2.45) is 0 Å².